The molecule has 6 nitrogen and oxygen atoms in total. The van der Waals surface area contributed by atoms with Crippen LogP contribution in [0.2, 0.25) is 10.0 Å². The Balaban J connectivity index is 0.00000210. The molecule has 1 aliphatic heterocycles. The molecule has 2 fully saturated rings. The number of aromatic nitrogens is 1. The number of amides is 1. The van der Waals surface area contributed by atoms with Gasteiger partial charge in [0.2, 0.25) is 0 Å². The van der Waals surface area contributed by atoms with E-state index in [2.05, 4.69) is 15.2 Å². The van der Waals surface area contributed by atoms with Crippen molar-refractivity contribution < 1.29 is 14.7 Å². The molecule has 1 aliphatic carbocycles. The van der Waals surface area contributed by atoms with E-state index in [-0.39, 0.29) is 41.4 Å². The second-order valence-electron chi connectivity index (χ2n) is 6.84. The number of nitrogens with one attached hydrogen (secondary N) is 2. The number of hydrogen-bond donors (Lipinski definition) is 3. The van der Waals surface area contributed by atoms with Gasteiger partial charge in [-0.25, -0.2) is 4.79 Å². The third kappa shape index (κ3) is 3.60. The Hall–Kier alpha value is -1.58. The van der Waals surface area contributed by atoms with E-state index in [1.165, 1.54) is 0 Å². The topological polar surface area (TPSA) is 85.4 Å². The van der Waals surface area contributed by atoms with Crippen LogP contribution in [0.15, 0.2) is 24.3 Å². The number of carbonyl (C=O) groups is 2. The Morgan fingerprint density at radius 2 is 1.89 bits per heavy atom. The zero-order chi connectivity index (χ0) is 18.6. The summed E-state index contributed by atoms with van der Waals surface area (Å²) in [6.07, 6.45) is 0. The van der Waals surface area contributed by atoms with Crippen LogP contribution in [0.25, 0.3) is 0 Å². The number of nitrogens with zero attached hydrogens (tertiary/aromatic N) is 1. The normalized spacial score (nSPS) is 22.8. The predicted octanol–water partition coefficient (Wildman–Crippen LogP) is 2.54. The first-order chi connectivity index (χ1) is 12.4. The van der Waals surface area contributed by atoms with E-state index in [1.54, 1.807) is 25.1 Å². The van der Waals surface area contributed by atoms with Crippen molar-refractivity contribution in [3.63, 3.8) is 0 Å². The molecule has 2 aromatic rings. The molecule has 2 aliphatic rings. The average Bonchev–Trinajstić information content (AvgIpc) is 2.95. The zero-order valence-corrected chi connectivity index (χ0v) is 15.4. The molecule has 1 amide bonds. The Bertz CT molecular complexity index is 905. The monoisotopic (exact) mass is 401 g/mol. The summed E-state index contributed by atoms with van der Waals surface area (Å²) >= 11 is 12.1. The molecule has 138 valence electrons. The van der Waals surface area contributed by atoms with Crippen molar-refractivity contribution >= 4 is 59.6 Å². The summed E-state index contributed by atoms with van der Waals surface area (Å²) in [5, 5.41) is 12.8. The number of H-pyrrole nitrogens is 1. The number of hydrogen-bond acceptors (Lipinski definition) is 3. The van der Waals surface area contributed by atoms with Crippen molar-refractivity contribution in [3.8, 4) is 0 Å². The number of aromatic amines is 1. The van der Waals surface area contributed by atoms with Gasteiger partial charge in [0.25, 0.3) is 5.91 Å². The number of carboxylic acid groups (broad SMARTS) is 1. The third-order valence-electron chi connectivity index (χ3n) is 5.23. The molecule has 0 radical (unpaired) electrons. The number of carboxylic acids is 1. The van der Waals surface area contributed by atoms with E-state index in [9.17, 15) is 9.59 Å². The fraction of sp³-hybridized carbons (Fsp3) is 0.333. The van der Waals surface area contributed by atoms with Crippen LogP contribution in [-0.4, -0.2) is 60.0 Å². The quantitative estimate of drug-likeness (QED) is 0.687. The minimum absolute atomic E-state index is 0. The van der Waals surface area contributed by atoms with E-state index in [1.807, 2.05) is 6.07 Å². The Morgan fingerprint density at radius 1 is 1.22 bits per heavy atom. The van der Waals surface area contributed by atoms with Crippen molar-refractivity contribution in [1.29, 1.82) is 0 Å². The van der Waals surface area contributed by atoms with Gasteiger partial charge in [0, 0.05) is 42.3 Å². The Labute approximate surface area is 178 Å². The number of rotatable bonds is 4. The van der Waals surface area contributed by atoms with Gasteiger partial charge in [-0.2, -0.15) is 0 Å². The molecule has 1 saturated heterocycles. The number of carbonyl (C=O) groups excluding carboxylic acids is 1. The number of benzene rings is 1. The predicted molar refractivity (Wildman–Crippen MR) is 107 cm³/mol. The summed E-state index contributed by atoms with van der Waals surface area (Å²) in [4.78, 5) is 28.6. The van der Waals surface area contributed by atoms with Crippen LogP contribution in [-0.2, 0) is 0 Å². The summed E-state index contributed by atoms with van der Waals surface area (Å²) < 4.78 is 0. The Kier molecular flexibility index (Phi) is 5.56. The maximum absolute atomic E-state index is 12.4. The van der Waals surface area contributed by atoms with E-state index in [0.29, 0.717) is 28.2 Å². The summed E-state index contributed by atoms with van der Waals surface area (Å²) in [5.41, 5.74) is 2.14. The number of aryl methyl sites for hydroxylation is 1. The molecule has 1 aromatic carbocycles. The van der Waals surface area contributed by atoms with Crippen molar-refractivity contribution in [3.05, 3.63) is 51.3 Å². The summed E-state index contributed by atoms with van der Waals surface area (Å²) in [7, 11) is 0. The molecule has 4 rings (SSSR count). The first-order valence-electron chi connectivity index (χ1n) is 8.29. The van der Waals surface area contributed by atoms with Crippen LogP contribution in [0.5, 0.6) is 0 Å². The molecule has 3 atom stereocenters. The SMILES string of the molecule is Cc1[nH]c(C(=O)NC2[C@H]3CN(c4cccc(C(=O)O)c4)C[C@@H]23)c(Cl)c1Cl.[LiH]. The van der Waals surface area contributed by atoms with Crippen LogP contribution in [0.3, 0.4) is 0 Å². The van der Waals surface area contributed by atoms with Gasteiger partial charge in [-0.05, 0) is 25.1 Å². The number of fused-ring (bicyclic) bond motifs is 1. The molecule has 1 unspecified atom stereocenters. The van der Waals surface area contributed by atoms with Crippen molar-refractivity contribution in [1.82, 2.24) is 10.3 Å². The van der Waals surface area contributed by atoms with E-state index >= 15 is 0 Å². The molecule has 2 heterocycles. The fourth-order valence-corrected chi connectivity index (χ4v) is 4.16. The van der Waals surface area contributed by atoms with Gasteiger partial charge in [0.05, 0.1) is 15.6 Å². The van der Waals surface area contributed by atoms with Gasteiger partial charge >= 0.3 is 24.8 Å². The van der Waals surface area contributed by atoms with E-state index < -0.39 is 5.97 Å². The first kappa shape index (κ1) is 20.2. The maximum atomic E-state index is 12.4. The average molecular weight is 402 g/mol. The zero-order valence-electron chi connectivity index (χ0n) is 13.9. The number of piperidine rings is 1. The Morgan fingerprint density at radius 3 is 2.44 bits per heavy atom. The molecule has 27 heavy (non-hydrogen) atoms. The molecular formula is C18H18Cl2LiN3O3. The molecule has 0 bridgehead atoms. The molecule has 9 heteroatoms. The molecule has 1 saturated carbocycles. The van der Waals surface area contributed by atoms with Gasteiger partial charge in [-0.3, -0.25) is 4.79 Å². The number of aromatic carboxylic acids is 1. The minimum atomic E-state index is -0.932. The summed E-state index contributed by atoms with van der Waals surface area (Å²) in [6.45, 7) is 3.34. The number of halogens is 2. The molecular weight excluding hydrogens is 384 g/mol. The first-order valence-corrected chi connectivity index (χ1v) is 9.05. The van der Waals surface area contributed by atoms with Crippen molar-refractivity contribution in [2.24, 2.45) is 11.8 Å². The van der Waals surface area contributed by atoms with Gasteiger partial charge in [-0.1, -0.05) is 29.3 Å². The van der Waals surface area contributed by atoms with Crippen molar-refractivity contribution in [2.75, 3.05) is 18.0 Å². The van der Waals surface area contributed by atoms with E-state index in [0.717, 1.165) is 18.8 Å². The van der Waals surface area contributed by atoms with Gasteiger partial charge in [0.15, 0.2) is 0 Å². The summed E-state index contributed by atoms with van der Waals surface area (Å²) in [6, 6.07) is 7.04. The van der Waals surface area contributed by atoms with E-state index in [4.69, 9.17) is 28.3 Å². The third-order valence-corrected chi connectivity index (χ3v) is 6.18. The second-order valence-corrected chi connectivity index (χ2v) is 7.60. The van der Waals surface area contributed by atoms with Crippen LogP contribution in [0, 0.1) is 18.8 Å². The standard InChI is InChI=1S/C18H17Cl2N3O3.Li.H/c1-8-13(19)14(20)16(21-8)17(24)22-15-11-6-23(7-12(11)15)10-4-2-3-9(5-10)18(25)26;;/h2-5,11-12,15,21H,6-7H2,1H3,(H,22,24)(H,25,26);;/t11-,12+,15?;;. The molecule has 1 aromatic heterocycles. The van der Waals surface area contributed by atoms with Crippen LogP contribution >= 0.6 is 23.2 Å². The molecule has 0 spiro atoms. The van der Waals surface area contributed by atoms with Crippen LogP contribution in [0.1, 0.15) is 26.5 Å². The van der Waals surface area contributed by atoms with Crippen LogP contribution in [0.4, 0.5) is 5.69 Å². The fourth-order valence-electron chi connectivity index (χ4n) is 3.74. The summed E-state index contributed by atoms with van der Waals surface area (Å²) in [5.74, 6) is -0.461. The molecule has 3 N–H and O–H groups in total. The second kappa shape index (κ2) is 7.44. The number of anilines is 1. The van der Waals surface area contributed by atoms with Gasteiger partial charge in [0.1, 0.15) is 5.69 Å². The van der Waals surface area contributed by atoms with Crippen molar-refractivity contribution in [2.45, 2.75) is 13.0 Å². The van der Waals surface area contributed by atoms with Gasteiger partial charge < -0.3 is 20.3 Å². The van der Waals surface area contributed by atoms with Gasteiger partial charge in [-0.15, -0.1) is 0 Å². The van der Waals surface area contributed by atoms with Crippen LogP contribution < -0.4 is 10.2 Å².